The first kappa shape index (κ1) is 23.2. The number of carbonyl (C=O) groups excluding carboxylic acids is 1. The van der Waals surface area contributed by atoms with E-state index in [0.29, 0.717) is 25.6 Å². The maximum Gasteiger partial charge on any atom is 0.387 e. The van der Waals surface area contributed by atoms with Crippen molar-refractivity contribution in [2.24, 2.45) is 10.9 Å². The van der Waals surface area contributed by atoms with Crippen molar-refractivity contribution in [2.75, 3.05) is 19.6 Å². The molecule has 1 unspecified atom stereocenters. The molecule has 2 fully saturated rings. The Morgan fingerprint density at radius 2 is 2.03 bits per heavy atom. The van der Waals surface area contributed by atoms with Crippen LogP contribution in [0.3, 0.4) is 0 Å². The second-order valence-electron chi connectivity index (χ2n) is 8.04. The van der Waals surface area contributed by atoms with E-state index in [1.165, 1.54) is 24.6 Å². The first-order chi connectivity index (χ1) is 15.0. The number of rotatable bonds is 7. The zero-order chi connectivity index (χ0) is 22.2. The van der Waals surface area contributed by atoms with E-state index in [9.17, 15) is 18.0 Å². The molecule has 1 saturated heterocycles. The minimum Gasteiger partial charge on any atom is -0.434 e. The van der Waals surface area contributed by atoms with Crippen molar-refractivity contribution in [3.8, 4) is 5.75 Å². The number of benzene rings is 1. The van der Waals surface area contributed by atoms with Gasteiger partial charge in [0.2, 0.25) is 5.91 Å². The maximum absolute atomic E-state index is 14.2. The van der Waals surface area contributed by atoms with Crippen LogP contribution in [-0.2, 0) is 11.3 Å². The van der Waals surface area contributed by atoms with E-state index in [4.69, 9.17) is 0 Å². The predicted molar refractivity (Wildman–Crippen MR) is 113 cm³/mol. The summed E-state index contributed by atoms with van der Waals surface area (Å²) in [6.45, 7) is 0.592. The fourth-order valence-electron chi connectivity index (χ4n) is 4.26. The lowest BCUT2D eigenvalue weighted by Crippen LogP contribution is -2.45. The topological polar surface area (TPSA) is 66.0 Å². The summed E-state index contributed by atoms with van der Waals surface area (Å²) in [7, 11) is 0. The predicted octanol–water partition coefficient (Wildman–Crippen LogP) is 3.66. The van der Waals surface area contributed by atoms with E-state index in [1.54, 1.807) is 0 Å². The number of halogens is 3. The maximum atomic E-state index is 14.2. The van der Waals surface area contributed by atoms with Gasteiger partial charge in [-0.25, -0.2) is 9.38 Å². The van der Waals surface area contributed by atoms with Crippen molar-refractivity contribution >= 4 is 11.9 Å². The van der Waals surface area contributed by atoms with Crippen LogP contribution < -0.4 is 15.4 Å². The fraction of sp³-hybridized carbons (Fsp3) is 0.636. The van der Waals surface area contributed by atoms with Crippen LogP contribution >= 0.6 is 0 Å². The Labute approximate surface area is 181 Å². The van der Waals surface area contributed by atoms with Crippen LogP contribution in [0, 0.1) is 11.7 Å². The van der Waals surface area contributed by atoms with Gasteiger partial charge < -0.3 is 20.3 Å². The van der Waals surface area contributed by atoms with E-state index >= 15 is 0 Å². The van der Waals surface area contributed by atoms with Gasteiger partial charge in [-0.2, -0.15) is 8.78 Å². The van der Waals surface area contributed by atoms with Gasteiger partial charge in [0.1, 0.15) is 11.6 Å². The lowest BCUT2D eigenvalue weighted by Gasteiger charge is -2.26. The number of hydrogen-bond donors (Lipinski definition) is 2. The van der Waals surface area contributed by atoms with E-state index in [1.807, 2.05) is 11.8 Å². The summed E-state index contributed by atoms with van der Waals surface area (Å²) in [6, 6.07) is 3.84. The van der Waals surface area contributed by atoms with Gasteiger partial charge in [0.25, 0.3) is 0 Å². The molecule has 1 saturated carbocycles. The summed E-state index contributed by atoms with van der Waals surface area (Å²) in [6.07, 6.45) is 6.20. The molecule has 1 heterocycles. The molecule has 1 amide bonds. The molecular weight excluding hydrogens is 409 g/mol. The number of amides is 1. The van der Waals surface area contributed by atoms with Crippen LogP contribution in [0.15, 0.2) is 23.2 Å². The zero-order valence-corrected chi connectivity index (χ0v) is 17.9. The number of ether oxygens (including phenoxy) is 1. The van der Waals surface area contributed by atoms with Crippen molar-refractivity contribution in [2.45, 2.75) is 64.6 Å². The van der Waals surface area contributed by atoms with Crippen molar-refractivity contribution in [3.63, 3.8) is 0 Å². The van der Waals surface area contributed by atoms with Gasteiger partial charge in [-0.15, -0.1) is 0 Å². The molecule has 0 bridgehead atoms. The van der Waals surface area contributed by atoms with E-state index < -0.39 is 12.4 Å². The molecule has 2 N–H and O–H groups in total. The molecule has 31 heavy (non-hydrogen) atoms. The lowest BCUT2D eigenvalue weighted by molar-refractivity contribution is -0.135. The van der Waals surface area contributed by atoms with Crippen molar-refractivity contribution in [1.29, 1.82) is 0 Å². The van der Waals surface area contributed by atoms with Crippen molar-refractivity contribution in [1.82, 2.24) is 15.5 Å². The molecule has 1 aromatic rings. The first-order valence-corrected chi connectivity index (χ1v) is 11.0. The molecule has 1 aliphatic carbocycles. The Kier molecular flexibility index (Phi) is 8.43. The van der Waals surface area contributed by atoms with Crippen LogP contribution in [0.4, 0.5) is 13.2 Å². The second kappa shape index (κ2) is 11.2. The van der Waals surface area contributed by atoms with E-state index in [2.05, 4.69) is 20.4 Å². The van der Waals surface area contributed by atoms with E-state index in [-0.39, 0.29) is 35.7 Å². The molecule has 1 aromatic carbocycles. The highest BCUT2D eigenvalue weighted by Gasteiger charge is 2.31. The smallest absolute Gasteiger partial charge is 0.387 e. The van der Waals surface area contributed by atoms with Crippen LogP contribution in [0.5, 0.6) is 5.75 Å². The summed E-state index contributed by atoms with van der Waals surface area (Å²) >= 11 is 0. The molecule has 3 rings (SSSR count). The van der Waals surface area contributed by atoms with Crippen LogP contribution in [-0.4, -0.2) is 49.1 Å². The van der Waals surface area contributed by atoms with E-state index in [0.717, 1.165) is 32.1 Å². The molecule has 0 spiro atoms. The molecule has 6 nitrogen and oxygen atoms in total. The van der Waals surface area contributed by atoms with Crippen molar-refractivity contribution < 1.29 is 22.7 Å². The molecule has 2 aliphatic rings. The van der Waals surface area contributed by atoms with Gasteiger partial charge in [-0.05, 0) is 38.3 Å². The quantitative estimate of drug-likeness (QED) is 0.502. The number of alkyl halides is 2. The third-order valence-electron chi connectivity index (χ3n) is 5.83. The average molecular weight is 441 g/mol. The number of likely N-dealkylation sites (tertiary alicyclic amines) is 1. The average Bonchev–Trinajstić information content (AvgIpc) is 3.21. The standard InChI is InChI=1S/C22H31F3N4O2/c1-2-26-22(27-13-17-18(23)9-6-10-19(17)31-21(24)25)28-16-11-12-29(14-16)20(30)15-7-4-3-5-8-15/h6,9-10,15-16,21H,2-5,7-8,11-14H2,1H3,(H2,26,27,28). The minimum absolute atomic E-state index is 0.0273. The highest BCUT2D eigenvalue weighted by atomic mass is 19.3. The molecule has 9 heteroatoms. The summed E-state index contributed by atoms with van der Waals surface area (Å²) in [4.78, 5) is 19.0. The molecular formula is C22H31F3N4O2. The molecule has 1 aliphatic heterocycles. The molecule has 0 aromatic heterocycles. The molecule has 172 valence electrons. The second-order valence-corrected chi connectivity index (χ2v) is 8.04. The van der Waals surface area contributed by atoms with Gasteiger partial charge in [0.05, 0.1) is 12.1 Å². The largest absolute Gasteiger partial charge is 0.434 e. The normalized spacial score (nSPS) is 20.2. The number of nitrogens with zero attached hydrogens (tertiary/aromatic N) is 2. The van der Waals surface area contributed by atoms with Gasteiger partial charge in [0, 0.05) is 31.6 Å². The Bertz CT molecular complexity index is 769. The number of carbonyl (C=O) groups is 1. The summed E-state index contributed by atoms with van der Waals surface area (Å²) in [5.41, 5.74) is -0.0273. The number of aliphatic imine (C=N–C) groups is 1. The molecule has 0 radical (unpaired) electrons. The van der Waals surface area contributed by atoms with Crippen LogP contribution in [0.1, 0.15) is 51.0 Å². The summed E-state index contributed by atoms with van der Waals surface area (Å²) < 4.78 is 43.8. The summed E-state index contributed by atoms with van der Waals surface area (Å²) in [5.74, 6) is -0.0388. The minimum atomic E-state index is -3.04. The molecule has 1 atom stereocenters. The SMILES string of the molecule is CCNC(=NCc1c(F)cccc1OC(F)F)NC1CCN(C(=O)C2CCCCC2)C1. The highest BCUT2D eigenvalue weighted by molar-refractivity contribution is 5.81. The number of hydrogen-bond acceptors (Lipinski definition) is 3. The highest BCUT2D eigenvalue weighted by Crippen LogP contribution is 2.27. The van der Waals surface area contributed by atoms with Crippen molar-refractivity contribution in [3.05, 3.63) is 29.6 Å². The monoisotopic (exact) mass is 440 g/mol. The van der Waals surface area contributed by atoms with Gasteiger partial charge in [-0.1, -0.05) is 25.3 Å². The fourth-order valence-corrected chi connectivity index (χ4v) is 4.26. The number of guanidine groups is 1. The van der Waals surface area contributed by atoms with Gasteiger partial charge >= 0.3 is 6.61 Å². The third kappa shape index (κ3) is 6.51. The Morgan fingerprint density at radius 1 is 1.26 bits per heavy atom. The number of nitrogens with one attached hydrogen (secondary N) is 2. The van der Waals surface area contributed by atoms with Crippen LogP contribution in [0.25, 0.3) is 0 Å². The first-order valence-electron chi connectivity index (χ1n) is 11.0. The van der Waals surface area contributed by atoms with Gasteiger partial charge in [-0.3, -0.25) is 4.79 Å². The Balaban J connectivity index is 1.61. The van der Waals surface area contributed by atoms with Crippen LogP contribution in [0.2, 0.25) is 0 Å². The van der Waals surface area contributed by atoms with Gasteiger partial charge in [0.15, 0.2) is 5.96 Å². The third-order valence-corrected chi connectivity index (χ3v) is 5.83. The lowest BCUT2D eigenvalue weighted by atomic mass is 9.88. The summed E-state index contributed by atoms with van der Waals surface area (Å²) in [5, 5.41) is 6.38. The Morgan fingerprint density at radius 3 is 2.74 bits per heavy atom. The Hall–Kier alpha value is -2.45. The zero-order valence-electron chi connectivity index (χ0n) is 17.9.